The number of carbonyl (C=O) groups excluding carboxylic acids is 1. The van der Waals surface area contributed by atoms with Crippen LogP contribution < -0.4 is 10.6 Å². The van der Waals surface area contributed by atoms with E-state index < -0.39 is 0 Å². The van der Waals surface area contributed by atoms with E-state index in [0.717, 1.165) is 37.4 Å². The summed E-state index contributed by atoms with van der Waals surface area (Å²) in [5.74, 6) is 0.532. The average Bonchev–Trinajstić information content (AvgIpc) is 2.90. The predicted molar refractivity (Wildman–Crippen MR) is 88.9 cm³/mol. The Morgan fingerprint density at radius 3 is 2.68 bits per heavy atom. The Hall–Kier alpha value is -1.85. The van der Waals surface area contributed by atoms with Crippen molar-refractivity contribution in [3.63, 3.8) is 0 Å². The molecule has 22 heavy (non-hydrogen) atoms. The fourth-order valence-corrected chi connectivity index (χ4v) is 2.52. The van der Waals surface area contributed by atoms with Crippen molar-refractivity contribution in [2.75, 3.05) is 19.6 Å². The third-order valence-corrected chi connectivity index (χ3v) is 3.87. The van der Waals surface area contributed by atoms with E-state index in [2.05, 4.69) is 15.7 Å². The molecule has 1 saturated heterocycles. The van der Waals surface area contributed by atoms with Gasteiger partial charge in [0.1, 0.15) is 0 Å². The zero-order valence-electron chi connectivity index (χ0n) is 12.6. The number of nitrogens with one attached hydrogen (secondary N) is 2. The number of hydrogen-bond acceptors (Lipinski definition) is 3. The van der Waals surface area contributed by atoms with Crippen molar-refractivity contribution in [2.45, 2.75) is 13.3 Å². The molecule has 0 bridgehead atoms. The zero-order valence-corrected chi connectivity index (χ0v) is 13.4. The van der Waals surface area contributed by atoms with Gasteiger partial charge in [0.15, 0.2) is 0 Å². The lowest BCUT2D eigenvalue weighted by Gasteiger charge is -2.27. The van der Waals surface area contributed by atoms with Crippen LogP contribution in [0.2, 0.25) is 0 Å². The van der Waals surface area contributed by atoms with Crippen LogP contribution >= 0.6 is 12.4 Å². The smallest absolute Gasteiger partial charge is 0.254 e. The molecule has 1 amide bonds. The van der Waals surface area contributed by atoms with E-state index in [-0.39, 0.29) is 18.3 Å². The van der Waals surface area contributed by atoms with Crippen LogP contribution in [0.1, 0.15) is 23.0 Å². The van der Waals surface area contributed by atoms with Gasteiger partial charge in [0.2, 0.25) is 0 Å². The third-order valence-electron chi connectivity index (χ3n) is 3.87. The van der Waals surface area contributed by atoms with Crippen LogP contribution in [-0.2, 0) is 6.42 Å². The van der Waals surface area contributed by atoms with Crippen LogP contribution in [0, 0.1) is 5.92 Å². The second-order valence-corrected chi connectivity index (χ2v) is 5.34. The number of nitrogens with zero attached hydrogens (tertiary/aromatic N) is 2. The molecular weight excluding hydrogens is 300 g/mol. The topological polar surface area (TPSA) is 59.0 Å². The van der Waals surface area contributed by atoms with Crippen LogP contribution in [0.4, 0.5) is 0 Å². The Morgan fingerprint density at radius 2 is 2.09 bits per heavy atom. The monoisotopic (exact) mass is 320 g/mol. The fourth-order valence-electron chi connectivity index (χ4n) is 2.52. The Balaban J connectivity index is 0.00000176. The SMILES string of the molecule is CCc1c(C(=O)NCC2CNC2)cnn1-c1ccccc1.Cl. The molecule has 0 atom stereocenters. The molecule has 1 aromatic heterocycles. The molecule has 2 heterocycles. The van der Waals surface area contributed by atoms with Crippen LogP contribution in [0.25, 0.3) is 5.69 Å². The second-order valence-electron chi connectivity index (χ2n) is 5.34. The summed E-state index contributed by atoms with van der Waals surface area (Å²) >= 11 is 0. The molecule has 1 aliphatic rings. The minimum atomic E-state index is -0.0269. The van der Waals surface area contributed by atoms with Gasteiger partial charge in [0.25, 0.3) is 5.91 Å². The summed E-state index contributed by atoms with van der Waals surface area (Å²) in [6.45, 7) is 4.75. The summed E-state index contributed by atoms with van der Waals surface area (Å²) in [6.07, 6.45) is 2.43. The lowest BCUT2D eigenvalue weighted by Crippen LogP contribution is -2.48. The summed E-state index contributed by atoms with van der Waals surface area (Å²) in [4.78, 5) is 12.3. The predicted octanol–water partition coefficient (Wildman–Crippen LogP) is 1.81. The van der Waals surface area contributed by atoms with Gasteiger partial charge in [-0.05, 0) is 18.6 Å². The highest BCUT2D eigenvalue weighted by molar-refractivity contribution is 5.95. The standard InChI is InChI=1S/C16H20N4O.ClH/c1-2-15-14(16(21)18-10-12-8-17-9-12)11-19-20(15)13-6-4-3-5-7-13;/h3-7,11-12,17H,2,8-10H2,1H3,(H,18,21);1H. The molecule has 2 N–H and O–H groups in total. The summed E-state index contributed by atoms with van der Waals surface area (Å²) in [5.41, 5.74) is 2.61. The van der Waals surface area contributed by atoms with Crippen molar-refractivity contribution in [2.24, 2.45) is 5.92 Å². The number of amides is 1. The molecule has 0 unspecified atom stereocenters. The van der Waals surface area contributed by atoms with E-state index in [9.17, 15) is 4.79 Å². The van der Waals surface area contributed by atoms with Crippen molar-refractivity contribution in [3.8, 4) is 5.69 Å². The van der Waals surface area contributed by atoms with Gasteiger partial charge in [-0.2, -0.15) is 5.10 Å². The molecule has 2 aromatic rings. The molecule has 0 radical (unpaired) electrons. The van der Waals surface area contributed by atoms with Gasteiger partial charge < -0.3 is 10.6 Å². The minimum Gasteiger partial charge on any atom is -0.352 e. The van der Waals surface area contributed by atoms with Crippen molar-refractivity contribution in [1.29, 1.82) is 0 Å². The molecule has 1 aromatic carbocycles. The normalized spacial score (nSPS) is 14.0. The number of rotatable bonds is 5. The van der Waals surface area contributed by atoms with Crippen molar-refractivity contribution in [1.82, 2.24) is 20.4 Å². The molecule has 0 saturated carbocycles. The van der Waals surface area contributed by atoms with Crippen LogP contribution in [-0.4, -0.2) is 35.3 Å². The molecule has 0 aliphatic carbocycles. The van der Waals surface area contributed by atoms with Crippen LogP contribution in [0.15, 0.2) is 36.5 Å². The largest absolute Gasteiger partial charge is 0.352 e. The molecule has 1 aliphatic heterocycles. The first kappa shape index (κ1) is 16.5. The Bertz CT molecular complexity index is 622. The van der Waals surface area contributed by atoms with Gasteiger partial charge in [-0.3, -0.25) is 4.79 Å². The van der Waals surface area contributed by atoms with Gasteiger partial charge in [0.05, 0.1) is 23.1 Å². The zero-order chi connectivity index (χ0) is 14.7. The average molecular weight is 321 g/mol. The fraction of sp³-hybridized carbons (Fsp3) is 0.375. The van der Waals surface area contributed by atoms with Gasteiger partial charge in [-0.1, -0.05) is 25.1 Å². The Kier molecular flexibility index (Phi) is 5.57. The lowest BCUT2D eigenvalue weighted by molar-refractivity contribution is 0.0941. The van der Waals surface area contributed by atoms with E-state index in [0.29, 0.717) is 11.5 Å². The number of halogens is 1. The highest BCUT2D eigenvalue weighted by atomic mass is 35.5. The van der Waals surface area contributed by atoms with Gasteiger partial charge in [-0.25, -0.2) is 4.68 Å². The summed E-state index contributed by atoms with van der Waals surface area (Å²) in [6, 6.07) is 9.90. The Labute approximate surface area is 136 Å². The summed E-state index contributed by atoms with van der Waals surface area (Å²) in [5, 5.41) is 10.6. The van der Waals surface area contributed by atoms with Crippen LogP contribution in [0.3, 0.4) is 0 Å². The van der Waals surface area contributed by atoms with Gasteiger partial charge in [0, 0.05) is 25.6 Å². The number of para-hydroxylation sites is 1. The van der Waals surface area contributed by atoms with Crippen LogP contribution in [0.5, 0.6) is 0 Å². The van der Waals surface area contributed by atoms with E-state index in [4.69, 9.17) is 0 Å². The highest BCUT2D eigenvalue weighted by Crippen LogP contribution is 2.15. The number of hydrogen-bond donors (Lipinski definition) is 2. The quantitative estimate of drug-likeness (QED) is 0.883. The summed E-state index contributed by atoms with van der Waals surface area (Å²) < 4.78 is 1.85. The maximum atomic E-state index is 12.3. The first-order valence-electron chi connectivity index (χ1n) is 7.40. The number of aromatic nitrogens is 2. The maximum absolute atomic E-state index is 12.3. The van der Waals surface area contributed by atoms with Gasteiger partial charge in [-0.15, -0.1) is 12.4 Å². The first-order valence-corrected chi connectivity index (χ1v) is 7.40. The van der Waals surface area contributed by atoms with E-state index >= 15 is 0 Å². The maximum Gasteiger partial charge on any atom is 0.254 e. The third kappa shape index (κ3) is 3.31. The molecule has 6 heteroatoms. The van der Waals surface area contributed by atoms with E-state index in [1.165, 1.54) is 0 Å². The molecule has 1 fully saturated rings. The molecule has 3 rings (SSSR count). The number of benzene rings is 1. The molecule has 118 valence electrons. The van der Waals surface area contributed by atoms with Crippen molar-refractivity contribution in [3.05, 3.63) is 47.8 Å². The first-order chi connectivity index (χ1) is 10.3. The molecule has 0 spiro atoms. The number of carbonyl (C=O) groups is 1. The molecule has 5 nitrogen and oxygen atoms in total. The molecular formula is C16H21ClN4O. The lowest BCUT2D eigenvalue weighted by atomic mass is 10.0. The second kappa shape index (κ2) is 7.42. The van der Waals surface area contributed by atoms with E-state index in [1.807, 2.05) is 41.9 Å². The Morgan fingerprint density at radius 1 is 1.36 bits per heavy atom. The highest BCUT2D eigenvalue weighted by Gasteiger charge is 2.20. The summed E-state index contributed by atoms with van der Waals surface area (Å²) in [7, 11) is 0. The van der Waals surface area contributed by atoms with Crippen molar-refractivity contribution < 1.29 is 4.79 Å². The van der Waals surface area contributed by atoms with E-state index in [1.54, 1.807) is 6.20 Å². The van der Waals surface area contributed by atoms with Gasteiger partial charge >= 0.3 is 0 Å². The minimum absolute atomic E-state index is 0. The van der Waals surface area contributed by atoms with Crippen molar-refractivity contribution >= 4 is 18.3 Å².